The van der Waals surface area contributed by atoms with E-state index in [1.54, 1.807) is 12.1 Å². The standard InChI is InChI=1S/C12H13ClN4O2/c1-7(2)6-8-10(12(18)19)11(13)17(16-8)9-4-3-5-14-15-9/h3-5,7H,6H2,1-2H3,(H,18,19). The normalized spacial score (nSPS) is 10.9. The van der Waals surface area contributed by atoms with Crippen LogP contribution in [0.3, 0.4) is 0 Å². The number of carbonyl (C=O) groups is 1. The van der Waals surface area contributed by atoms with Gasteiger partial charge in [0.15, 0.2) is 5.82 Å². The Kier molecular flexibility index (Phi) is 3.80. The number of carboxylic acid groups (broad SMARTS) is 1. The van der Waals surface area contributed by atoms with Crippen LogP contribution in [0.2, 0.25) is 5.15 Å². The van der Waals surface area contributed by atoms with Crippen molar-refractivity contribution < 1.29 is 9.90 Å². The van der Waals surface area contributed by atoms with Gasteiger partial charge in [-0.1, -0.05) is 25.4 Å². The molecule has 100 valence electrons. The zero-order chi connectivity index (χ0) is 14.0. The highest BCUT2D eigenvalue weighted by Gasteiger charge is 2.23. The van der Waals surface area contributed by atoms with E-state index in [9.17, 15) is 9.90 Å². The quantitative estimate of drug-likeness (QED) is 0.928. The molecule has 0 fully saturated rings. The average molecular weight is 281 g/mol. The summed E-state index contributed by atoms with van der Waals surface area (Å²) in [6.45, 7) is 3.97. The molecule has 0 radical (unpaired) electrons. The molecule has 2 aromatic heterocycles. The van der Waals surface area contributed by atoms with Crippen molar-refractivity contribution in [3.05, 3.63) is 34.7 Å². The predicted molar refractivity (Wildman–Crippen MR) is 69.7 cm³/mol. The lowest BCUT2D eigenvalue weighted by Gasteiger charge is -2.01. The SMILES string of the molecule is CC(C)Cc1nn(-c2cccnn2)c(Cl)c1C(=O)O. The Bertz CT molecular complexity index is 595. The van der Waals surface area contributed by atoms with Crippen molar-refractivity contribution in [3.63, 3.8) is 0 Å². The second-order valence-corrected chi connectivity index (χ2v) is 4.87. The summed E-state index contributed by atoms with van der Waals surface area (Å²) in [4.78, 5) is 11.3. The Morgan fingerprint density at radius 1 is 1.53 bits per heavy atom. The fraction of sp³-hybridized carbons (Fsp3) is 0.333. The van der Waals surface area contributed by atoms with Gasteiger partial charge in [-0.3, -0.25) is 0 Å². The van der Waals surface area contributed by atoms with Gasteiger partial charge >= 0.3 is 5.97 Å². The average Bonchev–Trinajstić information content (AvgIpc) is 2.66. The lowest BCUT2D eigenvalue weighted by atomic mass is 10.1. The van der Waals surface area contributed by atoms with Gasteiger partial charge in [0.25, 0.3) is 0 Å². The minimum atomic E-state index is -1.09. The third-order valence-corrected chi connectivity index (χ3v) is 2.84. The molecule has 7 heteroatoms. The van der Waals surface area contributed by atoms with Crippen LogP contribution < -0.4 is 0 Å². The van der Waals surface area contributed by atoms with Crippen LogP contribution in [0.1, 0.15) is 29.9 Å². The van der Waals surface area contributed by atoms with Crippen molar-refractivity contribution in [2.45, 2.75) is 20.3 Å². The first-order chi connectivity index (χ1) is 9.00. The number of hydrogen-bond donors (Lipinski definition) is 1. The zero-order valence-electron chi connectivity index (χ0n) is 10.5. The molecule has 0 aliphatic rings. The molecule has 0 atom stereocenters. The van der Waals surface area contributed by atoms with Crippen LogP contribution in [-0.2, 0) is 6.42 Å². The van der Waals surface area contributed by atoms with Gasteiger partial charge in [-0.05, 0) is 24.5 Å². The maximum absolute atomic E-state index is 11.3. The second-order valence-electron chi connectivity index (χ2n) is 4.51. The van der Waals surface area contributed by atoms with Gasteiger partial charge in [-0.2, -0.15) is 10.2 Å². The summed E-state index contributed by atoms with van der Waals surface area (Å²) in [7, 11) is 0. The van der Waals surface area contributed by atoms with E-state index in [1.807, 2.05) is 13.8 Å². The second kappa shape index (κ2) is 5.36. The predicted octanol–water partition coefficient (Wildman–Crippen LogP) is 2.21. The molecule has 0 amide bonds. The Balaban J connectivity index is 2.55. The number of aromatic nitrogens is 4. The molecule has 1 N–H and O–H groups in total. The summed E-state index contributed by atoms with van der Waals surface area (Å²) in [5.41, 5.74) is 0.485. The van der Waals surface area contributed by atoms with Gasteiger partial charge in [0.05, 0.1) is 5.69 Å². The van der Waals surface area contributed by atoms with Gasteiger partial charge in [0.1, 0.15) is 10.7 Å². The summed E-state index contributed by atoms with van der Waals surface area (Å²) >= 11 is 6.09. The molecule has 19 heavy (non-hydrogen) atoms. The van der Waals surface area contributed by atoms with E-state index >= 15 is 0 Å². The molecule has 0 aromatic carbocycles. The fourth-order valence-electron chi connectivity index (χ4n) is 1.74. The van der Waals surface area contributed by atoms with E-state index < -0.39 is 5.97 Å². The van der Waals surface area contributed by atoms with Crippen molar-refractivity contribution in [1.29, 1.82) is 0 Å². The Labute approximate surface area is 115 Å². The van der Waals surface area contributed by atoms with Gasteiger partial charge in [-0.25, -0.2) is 9.48 Å². The van der Waals surface area contributed by atoms with E-state index in [0.29, 0.717) is 17.9 Å². The number of aromatic carboxylic acids is 1. The highest BCUT2D eigenvalue weighted by Crippen LogP contribution is 2.24. The van der Waals surface area contributed by atoms with Gasteiger partial charge in [-0.15, -0.1) is 5.10 Å². The first-order valence-corrected chi connectivity index (χ1v) is 6.17. The van der Waals surface area contributed by atoms with E-state index in [1.165, 1.54) is 10.9 Å². The third-order valence-electron chi connectivity index (χ3n) is 2.49. The van der Waals surface area contributed by atoms with Crippen LogP contribution in [-0.4, -0.2) is 31.1 Å². The van der Waals surface area contributed by atoms with E-state index in [0.717, 1.165) is 0 Å². The van der Waals surface area contributed by atoms with Crippen molar-refractivity contribution in [1.82, 2.24) is 20.0 Å². The Morgan fingerprint density at radius 2 is 2.26 bits per heavy atom. The molecule has 0 spiro atoms. The number of nitrogens with zero attached hydrogens (tertiary/aromatic N) is 4. The Hall–Kier alpha value is -1.95. The first-order valence-electron chi connectivity index (χ1n) is 5.79. The number of halogens is 1. The minimum Gasteiger partial charge on any atom is -0.478 e. The molecule has 2 aromatic rings. The molecule has 0 unspecified atom stereocenters. The summed E-state index contributed by atoms with van der Waals surface area (Å²) in [5.74, 6) is -0.417. The lowest BCUT2D eigenvalue weighted by Crippen LogP contribution is -2.04. The van der Waals surface area contributed by atoms with Gasteiger partial charge in [0, 0.05) is 6.20 Å². The zero-order valence-corrected chi connectivity index (χ0v) is 11.3. The topological polar surface area (TPSA) is 80.9 Å². The summed E-state index contributed by atoms with van der Waals surface area (Å²) in [5, 5.41) is 21.1. The maximum atomic E-state index is 11.3. The first kappa shape index (κ1) is 13.5. The van der Waals surface area contributed by atoms with Crippen molar-refractivity contribution in [2.75, 3.05) is 0 Å². The van der Waals surface area contributed by atoms with Crippen LogP contribution in [0.25, 0.3) is 5.82 Å². The molecule has 0 aliphatic heterocycles. The van der Waals surface area contributed by atoms with Gasteiger partial charge in [0.2, 0.25) is 0 Å². The highest BCUT2D eigenvalue weighted by atomic mass is 35.5. The molecule has 0 bridgehead atoms. The molecular formula is C12H13ClN4O2. The molecule has 0 saturated heterocycles. The monoisotopic (exact) mass is 280 g/mol. The van der Waals surface area contributed by atoms with Gasteiger partial charge < -0.3 is 5.11 Å². The molecule has 6 nitrogen and oxygen atoms in total. The molecule has 0 aliphatic carbocycles. The highest BCUT2D eigenvalue weighted by molar-refractivity contribution is 6.32. The van der Waals surface area contributed by atoms with Crippen LogP contribution in [0.4, 0.5) is 0 Å². The smallest absolute Gasteiger partial charge is 0.340 e. The number of carboxylic acids is 1. The van der Waals surface area contributed by atoms with E-state index in [4.69, 9.17) is 11.6 Å². The third kappa shape index (κ3) is 2.73. The molecule has 0 saturated carbocycles. The van der Waals surface area contributed by atoms with Crippen LogP contribution in [0.15, 0.2) is 18.3 Å². The summed E-state index contributed by atoms with van der Waals surface area (Å²) in [6.07, 6.45) is 2.06. The van der Waals surface area contributed by atoms with Crippen molar-refractivity contribution >= 4 is 17.6 Å². The van der Waals surface area contributed by atoms with Crippen LogP contribution in [0, 0.1) is 5.92 Å². The lowest BCUT2D eigenvalue weighted by molar-refractivity contribution is 0.0695. The van der Waals surface area contributed by atoms with Crippen molar-refractivity contribution in [3.8, 4) is 5.82 Å². The van der Waals surface area contributed by atoms with E-state index in [2.05, 4.69) is 15.3 Å². The largest absolute Gasteiger partial charge is 0.478 e. The molecular weight excluding hydrogens is 268 g/mol. The summed E-state index contributed by atoms with van der Waals surface area (Å²) < 4.78 is 1.30. The molecule has 2 heterocycles. The fourth-order valence-corrected chi connectivity index (χ4v) is 2.05. The number of hydrogen-bond acceptors (Lipinski definition) is 4. The van der Waals surface area contributed by atoms with Crippen LogP contribution in [0.5, 0.6) is 0 Å². The summed E-state index contributed by atoms with van der Waals surface area (Å²) in [6, 6.07) is 3.35. The van der Waals surface area contributed by atoms with Crippen LogP contribution >= 0.6 is 11.6 Å². The number of rotatable bonds is 4. The molecule has 2 rings (SSSR count). The maximum Gasteiger partial charge on any atom is 0.340 e. The van der Waals surface area contributed by atoms with E-state index in [-0.39, 0.29) is 16.6 Å². The minimum absolute atomic E-state index is 0.0287. The van der Waals surface area contributed by atoms with Crippen molar-refractivity contribution in [2.24, 2.45) is 5.92 Å². The Morgan fingerprint density at radius 3 is 2.79 bits per heavy atom.